The van der Waals surface area contributed by atoms with Crippen LogP contribution in [-0.4, -0.2) is 17.0 Å². The number of hydrogen-bond donors (Lipinski definition) is 1. The first kappa shape index (κ1) is 10.1. The van der Waals surface area contributed by atoms with Crippen molar-refractivity contribution in [3.8, 4) is 11.5 Å². The number of allylic oxidation sites excluding steroid dienone is 1. The fraction of sp³-hybridized carbons (Fsp3) is 0.200. The van der Waals surface area contributed by atoms with Crippen LogP contribution in [0.25, 0.3) is 0 Å². The first-order chi connectivity index (χ1) is 6.33. The fourth-order valence-corrected chi connectivity index (χ4v) is 1.08. The van der Waals surface area contributed by atoms with E-state index in [0.29, 0.717) is 6.61 Å². The van der Waals surface area contributed by atoms with E-state index >= 15 is 0 Å². The van der Waals surface area contributed by atoms with Gasteiger partial charge in [0.2, 0.25) is 0 Å². The van der Waals surface area contributed by atoms with Gasteiger partial charge in [0.25, 0.3) is 0 Å². The van der Waals surface area contributed by atoms with Gasteiger partial charge in [-0.05, 0) is 24.3 Å². The summed E-state index contributed by atoms with van der Waals surface area (Å²) < 4.78 is 5.34. The van der Waals surface area contributed by atoms with Crippen molar-refractivity contribution in [3.63, 3.8) is 0 Å². The van der Waals surface area contributed by atoms with Crippen molar-refractivity contribution >= 4 is 15.9 Å². The second-order valence-electron chi connectivity index (χ2n) is 2.43. The third-order valence-corrected chi connectivity index (χ3v) is 1.81. The van der Waals surface area contributed by atoms with Gasteiger partial charge in [-0.1, -0.05) is 28.1 Å². The minimum atomic E-state index is 0.253. The van der Waals surface area contributed by atoms with Crippen LogP contribution in [0.1, 0.15) is 0 Å². The van der Waals surface area contributed by atoms with Gasteiger partial charge in [-0.25, -0.2) is 0 Å². The number of phenolic OH excluding ortho intramolecular Hbond substituents is 1. The predicted molar refractivity (Wildman–Crippen MR) is 56.5 cm³/mol. The standard InChI is InChI=1S/C10H11BrO2/c11-7-1-2-8-13-10-5-3-9(12)4-6-10/h1-6,12H,7-8H2. The van der Waals surface area contributed by atoms with E-state index in [4.69, 9.17) is 9.84 Å². The van der Waals surface area contributed by atoms with Gasteiger partial charge in [0.05, 0.1) is 0 Å². The predicted octanol–water partition coefficient (Wildman–Crippen LogP) is 2.72. The Balaban J connectivity index is 2.37. The Morgan fingerprint density at radius 3 is 2.54 bits per heavy atom. The molecule has 13 heavy (non-hydrogen) atoms. The molecule has 1 rings (SSSR count). The molecule has 1 aromatic carbocycles. The molecule has 0 aliphatic rings. The van der Waals surface area contributed by atoms with Crippen molar-refractivity contribution in [2.24, 2.45) is 0 Å². The summed E-state index contributed by atoms with van der Waals surface area (Å²) in [5.41, 5.74) is 0. The molecule has 1 aromatic rings. The van der Waals surface area contributed by atoms with E-state index in [0.717, 1.165) is 11.1 Å². The molecular formula is C10H11BrO2. The molecule has 0 radical (unpaired) electrons. The van der Waals surface area contributed by atoms with Gasteiger partial charge in [0.15, 0.2) is 0 Å². The molecule has 0 saturated heterocycles. The molecule has 1 N–H and O–H groups in total. The lowest BCUT2D eigenvalue weighted by atomic mass is 10.3. The van der Waals surface area contributed by atoms with Crippen LogP contribution >= 0.6 is 15.9 Å². The molecule has 0 heterocycles. The van der Waals surface area contributed by atoms with Crippen LogP contribution in [0.15, 0.2) is 36.4 Å². The molecule has 2 nitrogen and oxygen atoms in total. The van der Waals surface area contributed by atoms with Crippen molar-refractivity contribution in [1.82, 2.24) is 0 Å². The van der Waals surface area contributed by atoms with Gasteiger partial charge in [0, 0.05) is 5.33 Å². The number of hydrogen-bond acceptors (Lipinski definition) is 2. The Morgan fingerprint density at radius 1 is 1.23 bits per heavy atom. The second-order valence-corrected chi connectivity index (χ2v) is 3.08. The summed E-state index contributed by atoms with van der Waals surface area (Å²) in [4.78, 5) is 0. The first-order valence-corrected chi connectivity index (χ1v) is 5.08. The van der Waals surface area contributed by atoms with Crippen LogP contribution in [0.3, 0.4) is 0 Å². The van der Waals surface area contributed by atoms with Crippen LogP contribution < -0.4 is 4.74 Å². The maximum atomic E-state index is 8.99. The van der Waals surface area contributed by atoms with E-state index < -0.39 is 0 Å². The second kappa shape index (κ2) is 5.65. The van der Waals surface area contributed by atoms with Crippen molar-refractivity contribution in [1.29, 1.82) is 0 Å². The minimum absolute atomic E-state index is 0.253. The van der Waals surface area contributed by atoms with E-state index in [1.807, 2.05) is 12.2 Å². The third kappa shape index (κ3) is 3.99. The SMILES string of the molecule is Oc1ccc(OCC=CCBr)cc1. The first-order valence-electron chi connectivity index (χ1n) is 3.95. The van der Waals surface area contributed by atoms with Crippen molar-refractivity contribution in [3.05, 3.63) is 36.4 Å². The molecule has 0 aliphatic heterocycles. The molecule has 0 atom stereocenters. The molecule has 0 spiro atoms. The largest absolute Gasteiger partial charge is 0.508 e. The average molecular weight is 243 g/mol. The van der Waals surface area contributed by atoms with E-state index in [2.05, 4.69) is 15.9 Å². The van der Waals surface area contributed by atoms with Crippen molar-refractivity contribution < 1.29 is 9.84 Å². The molecule has 0 bridgehead atoms. The maximum Gasteiger partial charge on any atom is 0.120 e. The number of halogens is 1. The minimum Gasteiger partial charge on any atom is -0.508 e. The summed E-state index contributed by atoms with van der Waals surface area (Å²) in [6.07, 6.45) is 3.90. The van der Waals surface area contributed by atoms with E-state index in [-0.39, 0.29) is 5.75 Å². The van der Waals surface area contributed by atoms with Crippen molar-refractivity contribution in [2.75, 3.05) is 11.9 Å². The zero-order valence-electron chi connectivity index (χ0n) is 7.11. The highest BCUT2D eigenvalue weighted by molar-refractivity contribution is 9.09. The van der Waals surface area contributed by atoms with Crippen molar-refractivity contribution in [2.45, 2.75) is 0 Å². The van der Waals surface area contributed by atoms with Crippen LogP contribution in [-0.2, 0) is 0 Å². The monoisotopic (exact) mass is 242 g/mol. The normalized spacial score (nSPS) is 10.5. The quantitative estimate of drug-likeness (QED) is 0.650. The van der Waals surface area contributed by atoms with Gasteiger partial charge in [-0.3, -0.25) is 0 Å². The number of rotatable bonds is 4. The van der Waals surface area contributed by atoms with Gasteiger partial charge in [-0.15, -0.1) is 0 Å². The molecule has 0 fully saturated rings. The number of alkyl halides is 1. The molecule has 70 valence electrons. The highest BCUT2D eigenvalue weighted by Gasteiger charge is 1.90. The number of ether oxygens (including phenoxy) is 1. The summed E-state index contributed by atoms with van der Waals surface area (Å²) in [5.74, 6) is 1.01. The highest BCUT2D eigenvalue weighted by atomic mass is 79.9. The molecule has 0 amide bonds. The molecule has 0 unspecified atom stereocenters. The number of aromatic hydroxyl groups is 1. The number of phenols is 1. The Kier molecular flexibility index (Phi) is 4.40. The lowest BCUT2D eigenvalue weighted by molar-refractivity contribution is 0.361. The Bertz CT molecular complexity index is 267. The molecule has 0 aliphatic carbocycles. The van der Waals surface area contributed by atoms with E-state index in [1.165, 1.54) is 0 Å². The Morgan fingerprint density at radius 2 is 1.92 bits per heavy atom. The lowest BCUT2D eigenvalue weighted by Crippen LogP contribution is -1.92. The third-order valence-electron chi connectivity index (χ3n) is 1.44. The van der Waals surface area contributed by atoms with Gasteiger partial charge >= 0.3 is 0 Å². The van der Waals surface area contributed by atoms with Crippen LogP contribution in [0.4, 0.5) is 0 Å². The smallest absolute Gasteiger partial charge is 0.120 e. The Hall–Kier alpha value is -0.960. The summed E-state index contributed by atoms with van der Waals surface area (Å²) in [7, 11) is 0. The zero-order chi connectivity index (χ0) is 9.52. The topological polar surface area (TPSA) is 29.5 Å². The molecule has 0 saturated carbocycles. The summed E-state index contributed by atoms with van der Waals surface area (Å²) in [5, 5.41) is 9.83. The summed E-state index contributed by atoms with van der Waals surface area (Å²) >= 11 is 3.27. The van der Waals surface area contributed by atoms with E-state index in [9.17, 15) is 0 Å². The van der Waals surface area contributed by atoms with Gasteiger partial charge < -0.3 is 9.84 Å². The zero-order valence-corrected chi connectivity index (χ0v) is 8.70. The van der Waals surface area contributed by atoms with Gasteiger partial charge in [-0.2, -0.15) is 0 Å². The average Bonchev–Trinajstić information content (AvgIpc) is 2.15. The molecular weight excluding hydrogens is 232 g/mol. The molecule has 0 aromatic heterocycles. The molecule has 3 heteroatoms. The summed E-state index contributed by atoms with van der Waals surface area (Å²) in [6.45, 7) is 0.552. The number of benzene rings is 1. The van der Waals surface area contributed by atoms with Crippen LogP contribution in [0.5, 0.6) is 11.5 Å². The maximum absolute atomic E-state index is 8.99. The van der Waals surface area contributed by atoms with Crippen LogP contribution in [0, 0.1) is 0 Å². The lowest BCUT2D eigenvalue weighted by Gasteiger charge is -2.01. The van der Waals surface area contributed by atoms with Crippen LogP contribution in [0.2, 0.25) is 0 Å². The fourth-order valence-electron chi connectivity index (χ4n) is 0.818. The van der Waals surface area contributed by atoms with E-state index in [1.54, 1.807) is 24.3 Å². The Labute approximate surface area is 86.0 Å². The van der Waals surface area contributed by atoms with Gasteiger partial charge in [0.1, 0.15) is 18.1 Å². The highest BCUT2D eigenvalue weighted by Crippen LogP contribution is 2.15. The summed E-state index contributed by atoms with van der Waals surface area (Å²) in [6, 6.07) is 6.67.